The molecule has 0 fully saturated rings. The zero-order valence-electron chi connectivity index (χ0n) is 16.9. The van der Waals surface area contributed by atoms with Gasteiger partial charge in [-0.05, 0) is 43.2 Å². The van der Waals surface area contributed by atoms with E-state index >= 15 is 0 Å². The van der Waals surface area contributed by atoms with Gasteiger partial charge in [0.1, 0.15) is 30.7 Å². The van der Waals surface area contributed by atoms with Gasteiger partial charge in [-0.15, -0.1) is 0 Å². The Kier molecular flexibility index (Phi) is 4.20. The van der Waals surface area contributed by atoms with E-state index in [-0.39, 0.29) is 12.2 Å². The summed E-state index contributed by atoms with van der Waals surface area (Å²) in [5, 5.41) is 0.637. The van der Waals surface area contributed by atoms with Crippen molar-refractivity contribution in [1.29, 1.82) is 0 Å². The van der Waals surface area contributed by atoms with Crippen LogP contribution in [0.1, 0.15) is 39.6 Å². The number of fused-ring (bicyclic) bond motifs is 4. The van der Waals surface area contributed by atoms with Gasteiger partial charge in [-0.3, -0.25) is 4.79 Å². The zero-order chi connectivity index (χ0) is 21.0. The summed E-state index contributed by atoms with van der Waals surface area (Å²) >= 11 is 0. The van der Waals surface area contributed by atoms with Gasteiger partial charge in [0, 0.05) is 11.6 Å². The maximum Gasteiger partial charge on any atom is 0.336 e. The molecular formula is C23H20O7. The van der Waals surface area contributed by atoms with Gasteiger partial charge in [-0.1, -0.05) is 0 Å². The first-order valence-corrected chi connectivity index (χ1v) is 9.71. The molecule has 0 N–H and O–H groups in total. The summed E-state index contributed by atoms with van der Waals surface area (Å²) < 4.78 is 28.6. The van der Waals surface area contributed by atoms with E-state index in [4.69, 9.17) is 23.4 Å². The second-order valence-corrected chi connectivity index (χ2v) is 7.50. The predicted molar refractivity (Wildman–Crippen MR) is 108 cm³/mol. The monoisotopic (exact) mass is 408 g/mol. The lowest BCUT2D eigenvalue weighted by Gasteiger charge is -2.29. The summed E-state index contributed by atoms with van der Waals surface area (Å²) in [7, 11) is 1.56. The maximum atomic E-state index is 13.1. The Morgan fingerprint density at radius 3 is 2.57 bits per heavy atom. The molecule has 1 unspecified atom stereocenters. The van der Waals surface area contributed by atoms with E-state index in [1.807, 2.05) is 13.0 Å². The van der Waals surface area contributed by atoms with Crippen LogP contribution in [-0.4, -0.2) is 26.1 Å². The van der Waals surface area contributed by atoms with Crippen molar-refractivity contribution >= 4 is 16.8 Å². The summed E-state index contributed by atoms with van der Waals surface area (Å²) in [6.07, 6.45) is -0.358. The average molecular weight is 408 g/mol. The molecule has 1 atom stereocenters. The third kappa shape index (κ3) is 2.81. The number of hydrogen-bond donors (Lipinski definition) is 0. The topological polar surface area (TPSA) is 84.2 Å². The van der Waals surface area contributed by atoms with Crippen LogP contribution >= 0.6 is 0 Å². The average Bonchev–Trinajstić information content (AvgIpc) is 2.71. The number of methoxy groups -OCH3 is 1. The van der Waals surface area contributed by atoms with Crippen molar-refractivity contribution in [2.24, 2.45) is 0 Å². The Labute approximate surface area is 172 Å². The number of carbonyl (C=O) groups excluding carboxylic acids is 1. The van der Waals surface area contributed by atoms with Crippen LogP contribution in [0.3, 0.4) is 0 Å². The molecule has 0 bridgehead atoms. The molecule has 154 valence electrons. The standard InChI is InChI=1S/C23H20O7/c1-11-6-16-21(12(2)7-19(25)29-16)23-20(11)14(24)10-15(30-23)13-8-17(26-3)22-18(9-13)27-4-5-28-22/h6-9,15H,4-5,10H2,1-3H3. The van der Waals surface area contributed by atoms with Gasteiger partial charge in [0.15, 0.2) is 17.3 Å². The van der Waals surface area contributed by atoms with Gasteiger partial charge in [-0.2, -0.15) is 0 Å². The molecule has 5 rings (SSSR count). The third-order valence-electron chi connectivity index (χ3n) is 5.51. The fraction of sp³-hybridized carbons (Fsp3) is 0.304. The van der Waals surface area contributed by atoms with Crippen LogP contribution < -0.4 is 24.6 Å². The smallest absolute Gasteiger partial charge is 0.336 e. The minimum atomic E-state index is -0.536. The van der Waals surface area contributed by atoms with Crippen LogP contribution in [0.15, 0.2) is 33.5 Å². The highest BCUT2D eigenvalue weighted by molar-refractivity contribution is 6.07. The van der Waals surface area contributed by atoms with E-state index < -0.39 is 11.7 Å². The minimum Gasteiger partial charge on any atom is -0.493 e. The molecule has 2 aliphatic heterocycles. The Balaban J connectivity index is 1.67. The number of carbonyl (C=O) groups is 1. The summed E-state index contributed by atoms with van der Waals surface area (Å²) in [5.74, 6) is 2.06. The Hall–Kier alpha value is -3.48. The molecule has 3 aromatic rings. The van der Waals surface area contributed by atoms with Gasteiger partial charge in [-0.25, -0.2) is 4.79 Å². The third-order valence-corrected chi connectivity index (χ3v) is 5.51. The summed E-state index contributed by atoms with van der Waals surface area (Å²) in [6.45, 7) is 4.51. The second-order valence-electron chi connectivity index (χ2n) is 7.50. The van der Waals surface area contributed by atoms with Crippen molar-refractivity contribution in [1.82, 2.24) is 0 Å². The lowest BCUT2D eigenvalue weighted by molar-refractivity contribution is 0.0850. The normalized spacial score (nSPS) is 17.4. The molecule has 0 amide bonds. The van der Waals surface area contributed by atoms with Crippen LogP contribution in [0.2, 0.25) is 0 Å². The number of aryl methyl sites for hydroxylation is 2. The molecule has 2 aliphatic rings. The number of Topliss-reactive ketones (excluding diaryl/α,β-unsaturated/α-hetero) is 1. The largest absolute Gasteiger partial charge is 0.493 e. The lowest BCUT2D eigenvalue weighted by Crippen LogP contribution is -2.23. The van der Waals surface area contributed by atoms with Gasteiger partial charge in [0.25, 0.3) is 0 Å². The number of hydrogen-bond acceptors (Lipinski definition) is 7. The maximum absolute atomic E-state index is 13.1. The van der Waals surface area contributed by atoms with Crippen LogP contribution in [0.25, 0.3) is 11.0 Å². The van der Waals surface area contributed by atoms with E-state index in [0.717, 1.165) is 11.1 Å². The van der Waals surface area contributed by atoms with E-state index in [1.54, 1.807) is 26.2 Å². The summed E-state index contributed by atoms with van der Waals surface area (Å²) in [6, 6.07) is 6.76. The molecule has 0 saturated carbocycles. The van der Waals surface area contributed by atoms with E-state index in [2.05, 4.69) is 0 Å². The van der Waals surface area contributed by atoms with E-state index in [1.165, 1.54) is 6.07 Å². The second kappa shape index (κ2) is 6.79. The van der Waals surface area contributed by atoms with Crippen molar-refractivity contribution in [3.63, 3.8) is 0 Å². The lowest BCUT2D eigenvalue weighted by atomic mass is 9.91. The fourth-order valence-electron chi connectivity index (χ4n) is 4.18. The van der Waals surface area contributed by atoms with Crippen molar-refractivity contribution in [3.8, 4) is 23.0 Å². The fourth-order valence-corrected chi connectivity index (χ4v) is 4.18. The molecule has 0 saturated heterocycles. The Bertz CT molecular complexity index is 1240. The molecular weight excluding hydrogens is 388 g/mol. The molecule has 3 heterocycles. The number of rotatable bonds is 2. The van der Waals surface area contributed by atoms with Crippen molar-refractivity contribution in [2.45, 2.75) is 26.4 Å². The quantitative estimate of drug-likeness (QED) is 0.595. The van der Waals surface area contributed by atoms with Gasteiger partial charge < -0.3 is 23.4 Å². The van der Waals surface area contributed by atoms with Crippen LogP contribution in [0.5, 0.6) is 23.0 Å². The van der Waals surface area contributed by atoms with Crippen LogP contribution in [0, 0.1) is 13.8 Å². The molecule has 2 aromatic carbocycles. The van der Waals surface area contributed by atoms with Gasteiger partial charge in [0.2, 0.25) is 5.75 Å². The highest BCUT2D eigenvalue weighted by atomic mass is 16.6. The number of ketones is 1. The summed E-state index contributed by atoms with van der Waals surface area (Å²) in [4.78, 5) is 24.9. The zero-order valence-corrected chi connectivity index (χ0v) is 16.9. The van der Waals surface area contributed by atoms with Gasteiger partial charge in [0.05, 0.1) is 24.5 Å². The molecule has 0 radical (unpaired) electrons. The van der Waals surface area contributed by atoms with Crippen molar-refractivity contribution in [2.75, 3.05) is 20.3 Å². The summed E-state index contributed by atoms with van der Waals surface area (Å²) in [5.41, 5.74) is 2.67. The molecule has 7 heteroatoms. The minimum absolute atomic E-state index is 0.0277. The molecule has 30 heavy (non-hydrogen) atoms. The Morgan fingerprint density at radius 2 is 1.77 bits per heavy atom. The molecule has 1 aromatic heterocycles. The SMILES string of the molecule is COc1cc(C2CC(=O)c3c(C)cc4oc(=O)cc(C)c4c3O2)cc2c1OCCO2. The molecule has 0 spiro atoms. The molecule has 0 aliphatic carbocycles. The first-order valence-electron chi connectivity index (χ1n) is 9.71. The number of ether oxygens (including phenoxy) is 4. The number of benzene rings is 2. The van der Waals surface area contributed by atoms with E-state index in [9.17, 15) is 9.59 Å². The van der Waals surface area contributed by atoms with E-state index in [0.29, 0.717) is 58.3 Å². The highest BCUT2D eigenvalue weighted by Gasteiger charge is 2.33. The van der Waals surface area contributed by atoms with Crippen LogP contribution in [0.4, 0.5) is 0 Å². The predicted octanol–water partition coefficient (Wildman–Crippen LogP) is 3.90. The van der Waals surface area contributed by atoms with Gasteiger partial charge >= 0.3 is 5.63 Å². The Morgan fingerprint density at radius 1 is 0.967 bits per heavy atom. The molecule has 7 nitrogen and oxygen atoms in total. The van der Waals surface area contributed by atoms with Crippen molar-refractivity contribution < 1.29 is 28.2 Å². The van der Waals surface area contributed by atoms with Crippen molar-refractivity contribution in [3.05, 3.63) is 56.9 Å². The highest BCUT2D eigenvalue weighted by Crippen LogP contribution is 2.46. The first-order chi connectivity index (χ1) is 14.5. The van der Waals surface area contributed by atoms with Crippen LogP contribution in [-0.2, 0) is 0 Å². The first kappa shape index (κ1) is 18.5.